The van der Waals surface area contributed by atoms with Crippen molar-refractivity contribution in [3.05, 3.63) is 20.6 Å². The molecule has 0 aromatic heterocycles. The predicted molar refractivity (Wildman–Crippen MR) is 68.9 cm³/mol. The highest BCUT2D eigenvalue weighted by molar-refractivity contribution is 9.11. The Kier molecular flexibility index (Phi) is 4.78. The van der Waals surface area contributed by atoms with Crippen LogP contribution in [0.2, 0.25) is 0 Å². The zero-order valence-corrected chi connectivity index (χ0v) is 11.9. The number of amides is 1. The van der Waals surface area contributed by atoms with Gasteiger partial charge in [-0.05, 0) is 44.8 Å². The molecule has 1 aromatic rings. The van der Waals surface area contributed by atoms with E-state index in [1.54, 1.807) is 6.92 Å². The maximum Gasteiger partial charge on any atom is 0.411 e. The summed E-state index contributed by atoms with van der Waals surface area (Å²) in [7, 11) is 0. The summed E-state index contributed by atoms with van der Waals surface area (Å²) in [6.07, 6.45) is -0.688. The number of phenolic OH excluding ortho intramolecular Hbond substituents is 1. The van der Waals surface area contributed by atoms with Crippen LogP contribution in [-0.2, 0) is 4.74 Å². The first-order valence-electron chi connectivity index (χ1n) is 4.56. The van der Waals surface area contributed by atoms with E-state index in [2.05, 4.69) is 37.2 Å². The first-order chi connectivity index (χ1) is 8.01. The standard InChI is InChI=1S/C10H8Br2N2O3/c1-2-17-10(16)14-8-5(4-13)3-6(11)9(15)7(8)12/h3,15H,2H2,1H3,(H,14,16). The zero-order valence-electron chi connectivity index (χ0n) is 8.75. The number of carbonyl (C=O) groups excluding carboxylic acids is 1. The van der Waals surface area contributed by atoms with Crippen LogP contribution in [0.25, 0.3) is 0 Å². The normalized spacial score (nSPS) is 9.53. The fourth-order valence-electron chi connectivity index (χ4n) is 1.09. The highest BCUT2D eigenvalue weighted by Gasteiger charge is 2.17. The van der Waals surface area contributed by atoms with Crippen LogP contribution in [0, 0.1) is 11.3 Å². The Morgan fingerprint density at radius 3 is 2.82 bits per heavy atom. The number of aromatic hydroxyl groups is 1. The molecule has 0 aliphatic heterocycles. The van der Waals surface area contributed by atoms with Gasteiger partial charge in [-0.15, -0.1) is 0 Å². The topological polar surface area (TPSA) is 82.3 Å². The van der Waals surface area contributed by atoms with Gasteiger partial charge in [0.1, 0.15) is 11.8 Å². The van der Waals surface area contributed by atoms with E-state index in [9.17, 15) is 9.90 Å². The molecule has 0 spiro atoms. The van der Waals surface area contributed by atoms with Gasteiger partial charge in [-0.25, -0.2) is 4.79 Å². The van der Waals surface area contributed by atoms with Crippen LogP contribution in [0.3, 0.4) is 0 Å². The van der Waals surface area contributed by atoms with E-state index < -0.39 is 6.09 Å². The van der Waals surface area contributed by atoms with Gasteiger partial charge in [0.05, 0.1) is 26.8 Å². The van der Waals surface area contributed by atoms with Gasteiger partial charge in [-0.2, -0.15) is 5.26 Å². The Labute approximate surface area is 115 Å². The summed E-state index contributed by atoms with van der Waals surface area (Å²) in [6.45, 7) is 1.88. The van der Waals surface area contributed by atoms with Gasteiger partial charge in [0, 0.05) is 0 Å². The van der Waals surface area contributed by atoms with Crippen LogP contribution in [-0.4, -0.2) is 17.8 Å². The molecule has 0 saturated heterocycles. The van der Waals surface area contributed by atoms with Gasteiger partial charge in [-0.1, -0.05) is 0 Å². The average Bonchev–Trinajstić information content (AvgIpc) is 2.30. The number of carbonyl (C=O) groups is 1. The maximum atomic E-state index is 11.3. The van der Waals surface area contributed by atoms with Crippen molar-refractivity contribution in [2.75, 3.05) is 11.9 Å². The molecule has 0 radical (unpaired) electrons. The Balaban J connectivity index is 3.19. The molecule has 1 aromatic carbocycles. The molecule has 0 atom stereocenters. The van der Waals surface area contributed by atoms with Crippen LogP contribution < -0.4 is 5.32 Å². The monoisotopic (exact) mass is 362 g/mol. The van der Waals surface area contributed by atoms with Crippen molar-refractivity contribution in [2.45, 2.75) is 6.92 Å². The highest BCUT2D eigenvalue weighted by Crippen LogP contribution is 2.40. The minimum Gasteiger partial charge on any atom is -0.505 e. The number of benzene rings is 1. The van der Waals surface area contributed by atoms with Gasteiger partial charge in [0.25, 0.3) is 0 Å². The third kappa shape index (κ3) is 3.11. The van der Waals surface area contributed by atoms with Gasteiger partial charge in [-0.3, -0.25) is 5.32 Å². The van der Waals surface area contributed by atoms with Gasteiger partial charge < -0.3 is 9.84 Å². The molecule has 1 rings (SSSR count). The van der Waals surface area contributed by atoms with Crippen molar-refractivity contribution in [2.24, 2.45) is 0 Å². The number of halogens is 2. The summed E-state index contributed by atoms with van der Waals surface area (Å²) >= 11 is 6.19. The molecule has 17 heavy (non-hydrogen) atoms. The van der Waals surface area contributed by atoms with Crippen molar-refractivity contribution in [1.82, 2.24) is 0 Å². The number of ether oxygens (including phenoxy) is 1. The summed E-state index contributed by atoms with van der Waals surface area (Å²) in [5.41, 5.74) is 0.376. The Hall–Kier alpha value is -1.26. The molecule has 0 fully saturated rings. The second-order valence-electron chi connectivity index (χ2n) is 2.90. The molecule has 0 aliphatic rings. The highest BCUT2D eigenvalue weighted by atomic mass is 79.9. The fourth-order valence-corrected chi connectivity index (χ4v) is 2.31. The number of nitrogens with zero attached hydrogens (tertiary/aromatic N) is 1. The Morgan fingerprint density at radius 1 is 1.65 bits per heavy atom. The number of phenols is 1. The van der Waals surface area contributed by atoms with Crippen molar-refractivity contribution >= 4 is 43.6 Å². The number of hydrogen-bond acceptors (Lipinski definition) is 4. The zero-order chi connectivity index (χ0) is 13.0. The van der Waals surface area contributed by atoms with E-state index in [4.69, 9.17) is 10.00 Å². The molecule has 90 valence electrons. The summed E-state index contributed by atoms with van der Waals surface area (Å²) in [4.78, 5) is 11.3. The lowest BCUT2D eigenvalue weighted by atomic mass is 10.2. The number of nitriles is 1. The third-order valence-corrected chi connectivity index (χ3v) is 3.19. The van der Waals surface area contributed by atoms with Crippen LogP contribution in [0.4, 0.5) is 10.5 Å². The molecule has 0 heterocycles. The molecule has 5 nitrogen and oxygen atoms in total. The largest absolute Gasteiger partial charge is 0.505 e. The van der Waals surface area contributed by atoms with E-state index in [1.807, 2.05) is 6.07 Å². The minimum atomic E-state index is -0.688. The smallest absolute Gasteiger partial charge is 0.411 e. The van der Waals surface area contributed by atoms with E-state index in [-0.39, 0.29) is 28.1 Å². The Bertz CT molecular complexity index is 497. The molecular weight excluding hydrogens is 356 g/mol. The molecule has 0 unspecified atom stereocenters. The van der Waals surface area contributed by atoms with E-state index in [0.29, 0.717) is 4.47 Å². The van der Waals surface area contributed by atoms with E-state index in [1.165, 1.54) is 6.07 Å². The molecular formula is C10H8Br2N2O3. The number of anilines is 1. The van der Waals surface area contributed by atoms with Crippen LogP contribution >= 0.6 is 31.9 Å². The molecule has 0 bridgehead atoms. The van der Waals surface area contributed by atoms with Gasteiger partial charge in [0.2, 0.25) is 0 Å². The van der Waals surface area contributed by atoms with E-state index >= 15 is 0 Å². The van der Waals surface area contributed by atoms with Crippen LogP contribution in [0.15, 0.2) is 15.0 Å². The SMILES string of the molecule is CCOC(=O)Nc1c(C#N)cc(Br)c(O)c1Br. The lowest BCUT2D eigenvalue weighted by Crippen LogP contribution is -2.14. The lowest BCUT2D eigenvalue weighted by Gasteiger charge is -2.11. The van der Waals surface area contributed by atoms with Crippen LogP contribution in [0.1, 0.15) is 12.5 Å². The number of nitrogens with one attached hydrogen (secondary N) is 1. The predicted octanol–water partition coefficient (Wildman–Crippen LogP) is 3.36. The van der Waals surface area contributed by atoms with Crippen molar-refractivity contribution in [1.29, 1.82) is 5.26 Å². The average molecular weight is 364 g/mol. The van der Waals surface area contributed by atoms with Gasteiger partial charge >= 0.3 is 6.09 Å². The Morgan fingerprint density at radius 2 is 2.29 bits per heavy atom. The molecule has 2 N–H and O–H groups in total. The fraction of sp³-hybridized carbons (Fsp3) is 0.200. The third-order valence-electron chi connectivity index (χ3n) is 1.82. The lowest BCUT2D eigenvalue weighted by molar-refractivity contribution is 0.168. The molecule has 7 heteroatoms. The summed E-state index contributed by atoms with van der Waals surface area (Å²) in [5, 5.41) is 21.0. The molecule has 0 aliphatic carbocycles. The van der Waals surface area contributed by atoms with Crippen molar-refractivity contribution < 1.29 is 14.6 Å². The van der Waals surface area contributed by atoms with Gasteiger partial charge in [0.15, 0.2) is 0 Å². The van der Waals surface area contributed by atoms with E-state index in [0.717, 1.165) is 0 Å². The first kappa shape index (κ1) is 13.8. The second kappa shape index (κ2) is 5.89. The minimum absolute atomic E-state index is 0.101. The summed E-state index contributed by atoms with van der Waals surface area (Å²) < 4.78 is 5.27. The van der Waals surface area contributed by atoms with Crippen LogP contribution in [0.5, 0.6) is 5.75 Å². The number of hydrogen-bond donors (Lipinski definition) is 2. The van der Waals surface area contributed by atoms with Crippen molar-refractivity contribution in [3.63, 3.8) is 0 Å². The number of rotatable bonds is 2. The quantitative estimate of drug-likeness (QED) is 0.843. The summed E-state index contributed by atoms with van der Waals surface area (Å²) in [6, 6.07) is 3.31. The second-order valence-corrected chi connectivity index (χ2v) is 4.55. The first-order valence-corrected chi connectivity index (χ1v) is 6.14. The molecule has 0 saturated carbocycles. The van der Waals surface area contributed by atoms with Crippen molar-refractivity contribution in [3.8, 4) is 11.8 Å². The maximum absolute atomic E-state index is 11.3. The molecule has 1 amide bonds. The summed E-state index contributed by atoms with van der Waals surface area (Å²) in [5.74, 6) is -0.101.